The Balaban J connectivity index is 1.40. The molecule has 0 radical (unpaired) electrons. The highest BCUT2D eigenvalue weighted by atomic mass is 16.5. The average molecular weight is 534 g/mol. The van der Waals surface area contributed by atoms with Gasteiger partial charge in [0, 0.05) is 37.8 Å². The fourth-order valence-corrected chi connectivity index (χ4v) is 5.88. The summed E-state index contributed by atoms with van der Waals surface area (Å²) in [7, 11) is 3.37. The third kappa shape index (κ3) is 5.85. The number of benzene rings is 1. The van der Waals surface area contributed by atoms with Gasteiger partial charge in [-0.2, -0.15) is 4.98 Å². The van der Waals surface area contributed by atoms with Gasteiger partial charge in [0.25, 0.3) is 5.91 Å². The molecular weight excluding hydrogens is 494 g/mol. The van der Waals surface area contributed by atoms with E-state index < -0.39 is 0 Å². The van der Waals surface area contributed by atoms with E-state index in [9.17, 15) is 9.59 Å². The van der Waals surface area contributed by atoms with Crippen LogP contribution in [-0.2, 0) is 4.79 Å². The molecule has 1 saturated carbocycles. The molecular formula is C29H39N7O3. The minimum Gasteiger partial charge on any atom is -0.495 e. The average Bonchev–Trinajstić information content (AvgIpc) is 3.47. The number of nitrogens with zero attached hydrogens (tertiary/aromatic N) is 4. The molecule has 0 spiro atoms. The van der Waals surface area contributed by atoms with Crippen molar-refractivity contribution >= 4 is 35.0 Å². The van der Waals surface area contributed by atoms with E-state index in [0.717, 1.165) is 44.6 Å². The summed E-state index contributed by atoms with van der Waals surface area (Å²) in [4.78, 5) is 39.6. The molecule has 208 valence electrons. The number of carbonyl (C=O) groups excluding carboxylic acids is 2. The number of allylic oxidation sites excluding steroid dienone is 1. The van der Waals surface area contributed by atoms with Crippen LogP contribution in [0.3, 0.4) is 0 Å². The Hall–Kier alpha value is -3.66. The van der Waals surface area contributed by atoms with Crippen molar-refractivity contribution in [2.24, 2.45) is 5.92 Å². The number of rotatable bonds is 8. The van der Waals surface area contributed by atoms with E-state index in [1.165, 1.54) is 12.8 Å². The summed E-state index contributed by atoms with van der Waals surface area (Å²) in [6.07, 6.45) is 10.7. The molecule has 1 aromatic carbocycles. The summed E-state index contributed by atoms with van der Waals surface area (Å²) in [6, 6.07) is 5.78. The summed E-state index contributed by atoms with van der Waals surface area (Å²) in [5.74, 6) is 1.45. The summed E-state index contributed by atoms with van der Waals surface area (Å²) >= 11 is 0. The summed E-state index contributed by atoms with van der Waals surface area (Å²) in [6.45, 7) is 6.25. The maximum Gasteiger partial charge on any atom is 0.251 e. The highest BCUT2D eigenvalue weighted by molar-refractivity contribution is 5.99. The molecule has 10 nitrogen and oxygen atoms in total. The van der Waals surface area contributed by atoms with Gasteiger partial charge in [0.15, 0.2) is 5.82 Å². The first-order valence-electron chi connectivity index (χ1n) is 14.0. The number of anilines is 4. The number of amides is 2. The monoisotopic (exact) mass is 533 g/mol. The normalized spacial score (nSPS) is 21.7. The quantitative estimate of drug-likeness (QED) is 0.441. The number of fused-ring (bicyclic) bond motifs is 1. The van der Waals surface area contributed by atoms with Crippen molar-refractivity contribution in [2.45, 2.75) is 57.0 Å². The lowest BCUT2D eigenvalue weighted by atomic mass is 10.0. The Kier molecular flexibility index (Phi) is 8.30. The van der Waals surface area contributed by atoms with E-state index in [0.29, 0.717) is 47.6 Å². The Labute approximate surface area is 230 Å². The van der Waals surface area contributed by atoms with E-state index in [-0.39, 0.29) is 23.8 Å². The van der Waals surface area contributed by atoms with Crippen LogP contribution in [0, 0.1) is 5.92 Å². The second-order valence-corrected chi connectivity index (χ2v) is 10.7. The number of methoxy groups -OCH3 is 1. The van der Waals surface area contributed by atoms with Crippen molar-refractivity contribution in [3.63, 3.8) is 0 Å². The molecule has 2 aliphatic heterocycles. The van der Waals surface area contributed by atoms with Crippen molar-refractivity contribution in [2.75, 3.05) is 48.9 Å². The predicted molar refractivity (Wildman–Crippen MR) is 153 cm³/mol. The van der Waals surface area contributed by atoms with E-state index in [1.807, 2.05) is 12.1 Å². The zero-order valence-electron chi connectivity index (χ0n) is 22.9. The minimum absolute atomic E-state index is 0.0560. The number of hydrogen-bond donors (Lipinski definition) is 3. The Morgan fingerprint density at radius 3 is 2.79 bits per heavy atom. The smallest absolute Gasteiger partial charge is 0.251 e. The number of hydrogen-bond acceptors (Lipinski definition) is 8. The standard InChI is InChI=1S/C29H39N7O3/c1-4-8-20-18-36(22-10-5-6-11-22)26-24(35(2)28(20)38)17-31-29(34-26)33-23-13-12-19(15-25(23)39-3)27(37)32-21-9-7-14-30-16-21/h4,12-13,15,17,20-22,30H,1,5-11,14,16,18H2,2-3H3,(H,32,37)(H,31,33,34)/t20-,21+/m0/s1. The van der Waals surface area contributed by atoms with E-state index in [1.54, 1.807) is 37.4 Å². The number of piperidine rings is 1. The molecule has 1 aliphatic carbocycles. The molecule has 2 amide bonds. The van der Waals surface area contributed by atoms with E-state index in [4.69, 9.17) is 9.72 Å². The Morgan fingerprint density at radius 2 is 2.08 bits per heavy atom. The van der Waals surface area contributed by atoms with Crippen molar-refractivity contribution in [3.8, 4) is 5.75 Å². The zero-order chi connectivity index (χ0) is 27.4. The molecule has 2 aromatic rings. The number of nitrogens with one attached hydrogen (secondary N) is 3. The van der Waals surface area contributed by atoms with E-state index in [2.05, 4.69) is 32.4 Å². The van der Waals surface area contributed by atoms with Crippen LogP contribution in [0.2, 0.25) is 0 Å². The van der Waals surface area contributed by atoms with Crippen molar-refractivity contribution in [1.82, 2.24) is 20.6 Å². The van der Waals surface area contributed by atoms with Gasteiger partial charge in [0.05, 0.1) is 24.9 Å². The van der Waals surface area contributed by atoms with Crippen LogP contribution < -0.4 is 30.5 Å². The molecule has 1 saturated heterocycles. The molecule has 39 heavy (non-hydrogen) atoms. The largest absolute Gasteiger partial charge is 0.495 e. The third-order valence-corrected chi connectivity index (χ3v) is 8.04. The number of ether oxygens (including phenoxy) is 1. The molecule has 1 aromatic heterocycles. The molecule has 3 aliphatic rings. The van der Waals surface area contributed by atoms with E-state index >= 15 is 0 Å². The van der Waals surface area contributed by atoms with Gasteiger partial charge in [-0.15, -0.1) is 6.58 Å². The van der Waals surface area contributed by atoms with Gasteiger partial charge in [0.2, 0.25) is 11.9 Å². The van der Waals surface area contributed by atoms with Gasteiger partial charge in [-0.1, -0.05) is 18.9 Å². The van der Waals surface area contributed by atoms with Gasteiger partial charge < -0.3 is 30.5 Å². The van der Waals surface area contributed by atoms with Gasteiger partial charge in [0.1, 0.15) is 11.4 Å². The van der Waals surface area contributed by atoms with Crippen LogP contribution in [0.5, 0.6) is 5.75 Å². The second-order valence-electron chi connectivity index (χ2n) is 10.7. The number of carbonyl (C=O) groups is 2. The lowest BCUT2D eigenvalue weighted by Crippen LogP contribution is -2.45. The molecule has 10 heteroatoms. The van der Waals surface area contributed by atoms with Gasteiger partial charge in [-0.05, 0) is 56.8 Å². The molecule has 0 unspecified atom stereocenters. The first-order valence-corrected chi connectivity index (χ1v) is 14.0. The molecule has 2 atom stereocenters. The van der Waals surface area contributed by atoms with Crippen molar-refractivity contribution in [1.29, 1.82) is 0 Å². The predicted octanol–water partition coefficient (Wildman–Crippen LogP) is 3.63. The molecule has 2 fully saturated rings. The van der Waals surface area contributed by atoms with Gasteiger partial charge >= 0.3 is 0 Å². The van der Waals surface area contributed by atoms with Crippen LogP contribution in [0.4, 0.5) is 23.1 Å². The van der Waals surface area contributed by atoms with Crippen molar-refractivity contribution in [3.05, 3.63) is 42.6 Å². The number of aromatic nitrogens is 2. The van der Waals surface area contributed by atoms with Gasteiger partial charge in [-0.3, -0.25) is 9.59 Å². The highest BCUT2D eigenvalue weighted by Gasteiger charge is 2.36. The lowest BCUT2D eigenvalue weighted by molar-refractivity contribution is -0.121. The first-order chi connectivity index (χ1) is 19.0. The lowest BCUT2D eigenvalue weighted by Gasteiger charge is -2.31. The summed E-state index contributed by atoms with van der Waals surface area (Å²) < 4.78 is 5.62. The second kappa shape index (κ2) is 12.0. The third-order valence-electron chi connectivity index (χ3n) is 8.04. The topological polar surface area (TPSA) is 112 Å². The van der Waals surface area contributed by atoms with Crippen LogP contribution in [0.25, 0.3) is 0 Å². The van der Waals surface area contributed by atoms with Crippen LogP contribution in [0.15, 0.2) is 37.1 Å². The fraction of sp³-hybridized carbons (Fsp3) is 0.517. The zero-order valence-corrected chi connectivity index (χ0v) is 22.9. The first kappa shape index (κ1) is 26.9. The fourth-order valence-electron chi connectivity index (χ4n) is 5.88. The van der Waals surface area contributed by atoms with Crippen molar-refractivity contribution < 1.29 is 14.3 Å². The molecule has 0 bridgehead atoms. The SMILES string of the molecule is C=CC[C@H]1CN(C2CCCC2)c2nc(Nc3ccc(C(=O)N[C@@H]4CCCNC4)cc3OC)ncc2N(C)C1=O. The molecule has 3 N–H and O–H groups in total. The highest BCUT2D eigenvalue weighted by Crippen LogP contribution is 2.38. The minimum atomic E-state index is -0.179. The van der Waals surface area contributed by atoms with Gasteiger partial charge in [-0.25, -0.2) is 4.98 Å². The maximum absolute atomic E-state index is 13.3. The summed E-state index contributed by atoms with van der Waals surface area (Å²) in [5.41, 5.74) is 1.90. The van der Waals surface area contributed by atoms with Crippen LogP contribution in [0.1, 0.15) is 55.3 Å². The Bertz CT molecular complexity index is 1210. The van der Waals surface area contributed by atoms with Crippen LogP contribution in [-0.4, -0.2) is 67.7 Å². The molecule has 3 heterocycles. The Morgan fingerprint density at radius 1 is 1.26 bits per heavy atom. The summed E-state index contributed by atoms with van der Waals surface area (Å²) in [5, 5.41) is 9.70. The molecule has 5 rings (SSSR count). The van der Waals surface area contributed by atoms with Crippen LogP contribution >= 0.6 is 0 Å². The maximum atomic E-state index is 13.3.